The zero-order valence-electron chi connectivity index (χ0n) is 12.9. The van der Waals surface area contributed by atoms with Gasteiger partial charge in [0.1, 0.15) is 5.75 Å². The van der Waals surface area contributed by atoms with E-state index >= 15 is 0 Å². The zero-order chi connectivity index (χ0) is 18.1. The highest BCUT2D eigenvalue weighted by atomic mass is 35.5. The molecule has 0 radical (unpaired) electrons. The van der Waals surface area contributed by atoms with Crippen molar-refractivity contribution in [3.63, 3.8) is 0 Å². The van der Waals surface area contributed by atoms with Crippen LogP contribution in [0.4, 0.5) is 5.69 Å². The maximum absolute atomic E-state index is 12.5. The third-order valence-corrected chi connectivity index (χ3v) is 7.24. The van der Waals surface area contributed by atoms with Gasteiger partial charge in [-0.15, -0.1) is 11.6 Å². The Balaban J connectivity index is 2.31. The van der Waals surface area contributed by atoms with Crippen LogP contribution in [0.1, 0.15) is 6.92 Å². The maximum Gasteiger partial charge on any atom is 0.240 e. The average Bonchev–Trinajstić information content (AvgIpc) is 2.69. The molecule has 1 amide bonds. The van der Waals surface area contributed by atoms with E-state index in [1.54, 1.807) is 0 Å². The number of halogens is 1. The van der Waals surface area contributed by atoms with Crippen LogP contribution in [-0.4, -0.2) is 52.8 Å². The second kappa shape index (κ2) is 6.87. The van der Waals surface area contributed by atoms with Gasteiger partial charge in [0.2, 0.25) is 15.9 Å². The van der Waals surface area contributed by atoms with Crippen LogP contribution in [0.2, 0.25) is 0 Å². The van der Waals surface area contributed by atoms with Crippen LogP contribution in [-0.2, 0) is 24.7 Å². The van der Waals surface area contributed by atoms with Crippen molar-refractivity contribution in [2.45, 2.75) is 23.2 Å². The highest BCUT2D eigenvalue weighted by Gasteiger charge is 2.39. The molecule has 0 spiro atoms. The van der Waals surface area contributed by atoms with Gasteiger partial charge in [0.05, 0.1) is 40.6 Å². The highest BCUT2D eigenvalue weighted by Crippen LogP contribution is 2.28. The van der Waals surface area contributed by atoms with Crippen molar-refractivity contribution >= 4 is 43.1 Å². The Morgan fingerprint density at radius 2 is 2.00 bits per heavy atom. The first kappa shape index (κ1) is 19.0. The number of nitrogens with one attached hydrogen (secondary N) is 2. The van der Waals surface area contributed by atoms with E-state index in [1.807, 2.05) is 0 Å². The van der Waals surface area contributed by atoms with Gasteiger partial charge in [0, 0.05) is 6.92 Å². The lowest BCUT2D eigenvalue weighted by Gasteiger charge is -2.16. The van der Waals surface area contributed by atoms with Crippen LogP contribution in [0.5, 0.6) is 5.75 Å². The lowest BCUT2D eigenvalue weighted by molar-refractivity contribution is -0.114. The SMILES string of the molecule is COc1ccc(S(=O)(=O)N[C@@H]2CS(=O)(=O)C[C@@H]2Cl)cc1NC(C)=O. The van der Waals surface area contributed by atoms with Crippen LogP contribution in [0.3, 0.4) is 0 Å². The molecule has 1 aliphatic heterocycles. The van der Waals surface area contributed by atoms with Crippen molar-refractivity contribution in [3.8, 4) is 5.75 Å². The van der Waals surface area contributed by atoms with E-state index in [1.165, 1.54) is 32.2 Å². The molecule has 0 aliphatic carbocycles. The Morgan fingerprint density at radius 1 is 1.33 bits per heavy atom. The van der Waals surface area contributed by atoms with Crippen LogP contribution >= 0.6 is 11.6 Å². The van der Waals surface area contributed by atoms with E-state index in [2.05, 4.69) is 10.0 Å². The second-order valence-electron chi connectivity index (χ2n) is 5.36. The number of methoxy groups -OCH3 is 1. The Morgan fingerprint density at radius 3 is 2.50 bits per heavy atom. The molecule has 134 valence electrons. The molecular weight excluding hydrogens is 380 g/mol. The van der Waals surface area contributed by atoms with Gasteiger partial charge in [-0.2, -0.15) is 0 Å². The molecule has 2 N–H and O–H groups in total. The molecule has 0 saturated carbocycles. The van der Waals surface area contributed by atoms with E-state index < -0.39 is 37.2 Å². The molecule has 24 heavy (non-hydrogen) atoms. The molecule has 0 unspecified atom stereocenters. The summed E-state index contributed by atoms with van der Waals surface area (Å²) in [5.74, 6) is -0.724. The molecule has 1 aliphatic rings. The van der Waals surface area contributed by atoms with Crippen molar-refractivity contribution in [2.24, 2.45) is 0 Å². The van der Waals surface area contributed by atoms with Gasteiger partial charge in [-0.1, -0.05) is 0 Å². The van der Waals surface area contributed by atoms with Crippen molar-refractivity contribution in [1.29, 1.82) is 0 Å². The third-order valence-electron chi connectivity index (χ3n) is 3.38. The minimum absolute atomic E-state index is 0.139. The Bertz CT molecular complexity index is 853. The summed E-state index contributed by atoms with van der Waals surface area (Å²) in [6.07, 6.45) is 0. The van der Waals surface area contributed by atoms with Crippen molar-refractivity contribution in [1.82, 2.24) is 4.72 Å². The predicted molar refractivity (Wildman–Crippen MR) is 89.7 cm³/mol. The summed E-state index contributed by atoms with van der Waals surface area (Å²) in [6.45, 7) is 1.28. The number of alkyl halides is 1. The van der Waals surface area contributed by atoms with Crippen LogP contribution in [0.15, 0.2) is 23.1 Å². The topological polar surface area (TPSA) is 119 Å². The molecule has 1 heterocycles. The number of hydrogen-bond donors (Lipinski definition) is 2. The van der Waals surface area contributed by atoms with Gasteiger partial charge in [0.25, 0.3) is 0 Å². The number of rotatable bonds is 5. The fourth-order valence-electron chi connectivity index (χ4n) is 2.32. The Hall–Kier alpha value is -1.36. The quantitative estimate of drug-likeness (QED) is 0.692. The van der Waals surface area contributed by atoms with Crippen molar-refractivity contribution < 1.29 is 26.4 Å². The summed E-state index contributed by atoms with van der Waals surface area (Å²) >= 11 is 5.92. The number of sulfonamides is 1. The van der Waals surface area contributed by atoms with E-state index in [9.17, 15) is 21.6 Å². The number of carbonyl (C=O) groups is 1. The first-order valence-electron chi connectivity index (χ1n) is 6.86. The minimum Gasteiger partial charge on any atom is -0.495 e. The summed E-state index contributed by atoms with van der Waals surface area (Å²) < 4.78 is 55.4. The van der Waals surface area contributed by atoms with E-state index in [-0.39, 0.29) is 22.1 Å². The first-order valence-corrected chi connectivity index (χ1v) is 10.6. The number of amides is 1. The lowest BCUT2D eigenvalue weighted by atomic mass is 10.3. The molecule has 1 aromatic carbocycles. The number of benzene rings is 1. The first-order chi connectivity index (χ1) is 11.0. The van der Waals surface area contributed by atoms with Crippen LogP contribution in [0, 0.1) is 0 Å². The van der Waals surface area contributed by atoms with Gasteiger partial charge in [-0.3, -0.25) is 4.79 Å². The third kappa shape index (κ3) is 4.38. The number of anilines is 1. The zero-order valence-corrected chi connectivity index (χ0v) is 15.3. The predicted octanol–water partition coefficient (Wildman–Crippen LogP) is 0.336. The van der Waals surface area contributed by atoms with Crippen molar-refractivity contribution in [3.05, 3.63) is 18.2 Å². The highest BCUT2D eigenvalue weighted by molar-refractivity contribution is 7.92. The number of ether oxygens (including phenoxy) is 1. The summed E-state index contributed by atoms with van der Waals surface area (Å²) in [6, 6.07) is 3.01. The molecular formula is C13H17ClN2O6S2. The Kier molecular flexibility index (Phi) is 5.43. The summed E-state index contributed by atoms with van der Waals surface area (Å²) in [4.78, 5) is 11.1. The van der Waals surface area contributed by atoms with E-state index in [0.29, 0.717) is 5.75 Å². The molecule has 11 heteroatoms. The Labute approximate surface area is 145 Å². The van der Waals surface area contributed by atoms with Gasteiger partial charge < -0.3 is 10.1 Å². The van der Waals surface area contributed by atoms with Gasteiger partial charge in [-0.05, 0) is 18.2 Å². The molecule has 1 saturated heterocycles. The summed E-state index contributed by atoms with van der Waals surface area (Å²) in [5, 5.41) is 1.64. The fourth-order valence-corrected chi connectivity index (χ4v) is 6.35. The number of carbonyl (C=O) groups excluding carboxylic acids is 1. The van der Waals surface area contributed by atoms with Gasteiger partial charge >= 0.3 is 0 Å². The lowest BCUT2D eigenvalue weighted by Crippen LogP contribution is -2.40. The van der Waals surface area contributed by atoms with Crippen LogP contribution in [0.25, 0.3) is 0 Å². The molecule has 1 fully saturated rings. The average molecular weight is 397 g/mol. The van der Waals surface area contributed by atoms with E-state index in [0.717, 1.165) is 0 Å². The minimum atomic E-state index is -4.02. The summed E-state index contributed by atoms with van der Waals surface area (Å²) in [7, 11) is -6.00. The maximum atomic E-state index is 12.5. The van der Waals surface area contributed by atoms with Crippen LogP contribution < -0.4 is 14.8 Å². The normalized spacial score (nSPS) is 23.0. The number of hydrogen-bond acceptors (Lipinski definition) is 6. The molecule has 2 rings (SSSR count). The molecule has 2 atom stereocenters. The largest absolute Gasteiger partial charge is 0.495 e. The monoisotopic (exact) mass is 396 g/mol. The molecule has 0 aromatic heterocycles. The molecule has 8 nitrogen and oxygen atoms in total. The molecule has 0 bridgehead atoms. The van der Waals surface area contributed by atoms with Crippen molar-refractivity contribution in [2.75, 3.05) is 23.9 Å². The standard InChI is InChI=1S/C13H17ClN2O6S2/c1-8(17)15-11-5-9(3-4-13(11)22-2)24(20,21)16-12-7-23(18,19)6-10(12)14/h3-5,10,12,16H,6-7H2,1-2H3,(H,15,17)/t10-,12+/m0/s1. The van der Waals surface area contributed by atoms with E-state index in [4.69, 9.17) is 16.3 Å². The van der Waals surface area contributed by atoms with Gasteiger partial charge in [0.15, 0.2) is 9.84 Å². The smallest absolute Gasteiger partial charge is 0.240 e. The fraction of sp³-hybridized carbons (Fsp3) is 0.462. The molecule has 1 aromatic rings. The second-order valence-corrected chi connectivity index (χ2v) is 9.79. The van der Waals surface area contributed by atoms with Gasteiger partial charge in [-0.25, -0.2) is 21.6 Å². The number of sulfone groups is 1. The summed E-state index contributed by atoms with van der Waals surface area (Å²) in [5.41, 5.74) is 0.189.